The molecule has 0 radical (unpaired) electrons. The van der Waals surface area contributed by atoms with Gasteiger partial charge in [0.15, 0.2) is 0 Å². The van der Waals surface area contributed by atoms with E-state index in [-0.39, 0.29) is 0 Å². The van der Waals surface area contributed by atoms with Gasteiger partial charge in [0, 0.05) is 23.6 Å². The molecule has 0 atom stereocenters. The van der Waals surface area contributed by atoms with Gasteiger partial charge < -0.3 is 15.3 Å². The summed E-state index contributed by atoms with van der Waals surface area (Å²) in [6.45, 7) is 1.33. The lowest BCUT2D eigenvalue weighted by Gasteiger charge is -2.02. The van der Waals surface area contributed by atoms with Crippen LogP contribution in [0.4, 0.5) is 0 Å². The first-order valence-corrected chi connectivity index (χ1v) is 5.48. The van der Waals surface area contributed by atoms with Crippen molar-refractivity contribution in [2.45, 2.75) is 13.1 Å². The Morgan fingerprint density at radius 1 is 1.24 bits per heavy atom. The zero-order valence-corrected chi connectivity index (χ0v) is 9.30. The van der Waals surface area contributed by atoms with Gasteiger partial charge in [-0.1, -0.05) is 6.07 Å². The van der Waals surface area contributed by atoms with Crippen LogP contribution in [-0.2, 0) is 13.1 Å². The van der Waals surface area contributed by atoms with Gasteiger partial charge in [-0.15, -0.1) is 10.2 Å². The van der Waals surface area contributed by atoms with E-state index in [0.29, 0.717) is 6.54 Å². The fourth-order valence-corrected chi connectivity index (χ4v) is 2.01. The number of nitrogens with two attached hydrogens (primary N) is 1. The predicted molar refractivity (Wildman–Crippen MR) is 65.3 cm³/mol. The highest BCUT2D eigenvalue weighted by Gasteiger charge is 2.03. The van der Waals surface area contributed by atoms with Crippen LogP contribution in [0.1, 0.15) is 11.1 Å². The third-order valence-corrected chi connectivity index (χ3v) is 2.88. The molecule has 0 spiro atoms. The first kappa shape index (κ1) is 10.0. The minimum absolute atomic E-state index is 0.552. The van der Waals surface area contributed by atoms with Crippen LogP contribution in [0.15, 0.2) is 37.1 Å². The third-order valence-electron chi connectivity index (χ3n) is 2.88. The standard InChI is InChI=1S/C12H13N5/c13-4-10-5-14-12-2-1-9(3-11(10)12)6-17-7-15-16-8-17/h1-3,5,7-8,14H,4,6,13H2. The Bertz CT molecular complexity index is 623. The average molecular weight is 227 g/mol. The number of nitrogens with one attached hydrogen (secondary N) is 1. The molecule has 0 amide bonds. The Morgan fingerprint density at radius 2 is 2.06 bits per heavy atom. The van der Waals surface area contributed by atoms with Gasteiger partial charge in [-0.25, -0.2) is 0 Å². The fraction of sp³-hybridized carbons (Fsp3) is 0.167. The van der Waals surface area contributed by atoms with Gasteiger partial charge in [0.05, 0.1) is 6.54 Å². The van der Waals surface area contributed by atoms with Crippen LogP contribution in [0.5, 0.6) is 0 Å². The van der Waals surface area contributed by atoms with Crippen molar-refractivity contribution in [1.82, 2.24) is 19.7 Å². The highest BCUT2D eigenvalue weighted by Crippen LogP contribution is 2.19. The van der Waals surface area contributed by atoms with E-state index in [1.807, 2.05) is 10.8 Å². The van der Waals surface area contributed by atoms with Crippen LogP contribution < -0.4 is 5.73 Å². The number of hydrogen-bond donors (Lipinski definition) is 2. The zero-order chi connectivity index (χ0) is 11.7. The van der Waals surface area contributed by atoms with Gasteiger partial charge in [0.1, 0.15) is 12.7 Å². The third kappa shape index (κ3) is 1.81. The molecule has 1 aromatic carbocycles. The average Bonchev–Trinajstić information content (AvgIpc) is 2.97. The maximum absolute atomic E-state index is 5.70. The largest absolute Gasteiger partial charge is 0.361 e. The topological polar surface area (TPSA) is 72.5 Å². The first-order valence-electron chi connectivity index (χ1n) is 5.48. The predicted octanol–water partition coefficient (Wildman–Crippen LogP) is 1.27. The molecule has 0 bridgehead atoms. The molecule has 0 aliphatic carbocycles. The van der Waals surface area contributed by atoms with E-state index in [0.717, 1.165) is 17.6 Å². The molecule has 3 N–H and O–H groups in total. The van der Waals surface area contributed by atoms with Crippen molar-refractivity contribution in [3.8, 4) is 0 Å². The molecule has 0 aliphatic heterocycles. The molecule has 17 heavy (non-hydrogen) atoms. The number of aromatic amines is 1. The van der Waals surface area contributed by atoms with Gasteiger partial charge in [0.2, 0.25) is 0 Å². The Balaban J connectivity index is 2.00. The van der Waals surface area contributed by atoms with E-state index < -0.39 is 0 Å². The second-order valence-corrected chi connectivity index (χ2v) is 4.03. The molecule has 2 heterocycles. The van der Waals surface area contributed by atoms with Gasteiger partial charge in [0.25, 0.3) is 0 Å². The van der Waals surface area contributed by atoms with Crippen molar-refractivity contribution in [2.24, 2.45) is 5.73 Å². The summed E-state index contributed by atoms with van der Waals surface area (Å²) in [5.74, 6) is 0. The maximum atomic E-state index is 5.70. The number of hydrogen-bond acceptors (Lipinski definition) is 3. The molecular formula is C12H13N5. The molecule has 5 nitrogen and oxygen atoms in total. The van der Waals surface area contributed by atoms with E-state index in [1.54, 1.807) is 12.7 Å². The molecular weight excluding hydrogens is 214 g/mol. The van der Waals surface area contributed by atoms with E-state index in [4.69, 9.17) is 5.73 Å². The minimum atomic E-state index is 0.552. The number of benzene rings is 1. The van der Waals surface area contributed by atoms with Crippen LogP contribution in [0.25, 0.3) is 10.9 Å². The van der Waals surface area contributed by atoms with Crippen LogP contribution >= 0.6 is 0 Å². The molecule has 0 fully saturated rings. The SMILES string of the molecule is NCc1c[nH]c2ccc(Cn3cnnc3)cc12. The number of nitrogens with zero attached hydrogens (tertiary/aromatic N) is 3. The summed E-state index contributed by atoms with van der Waals surface area (Å²) >= 11 is 0. The smallest absolute Gasteiger partial charge is 0.119 e. The normalized spacial score (nSPS) is 11.1. The van der Waals surface area contributed by atoms with Crippen molar-refractivity contribution in [1.29, 1.82) is 0 Å². The van der Waals surface area contributed by atoms with E-state index in [9.17, 15) is 0 Å². The summed E-state index contributed by atoms with van der Waals surface area (Å²) in [4.78, 5) is 3.21. The van der Waals surface area contributed by atoms with E-state index in [2.05, 4.69) is 33.4 Å². The van der Waals surface area contributed by atoms with E-state index >= 15 is 0 Å². The minimum Gasteiger partial charge on any atom is -0.361 e. The highest BCUT2D eigenvalue weighted by molar-refractivity contribution is 5.83. The summed E-state index contributed by atoms with van der Waals surface area (Å²) < 4.78 is 1.94. The molecule has 5 heteroatoms. The second kappa shape index (κ2) is 4.03. The fourth-order valence-electron chi connectivity index (χ4n) is 2.01. The van der Waals surface area contributed by atoms with Crippen LogP contribution in [0.2, 0.25) is 0 Å². The van der Waals surface area contributed by atoms with Gasteiger partial charge in [-0.05, 0) is 23.3 Å². The molecule has 2 aromatic heterocycles. The molecule has 0 saturated heterocycles. The zero-order valence-electron chi connectivity index (χ0n) is 9.30. The highest BCUT2D eigenvalue weighted by atomic mass is 15.2. The Labute approximate surface area is 98.3 Å². The molecule has 3 rings (SSSR count). The first-order chi connectivity index (χ1) is 8.36. The van der Waals surface area contributed by atoms with E-state index in [1.165, 1.54) is 10.9 Å². The molecule has 86 valence electrons. The summed E-state index contributed by atoms with van der Waals surface area (Å²) in [7, 11) is 0. The monoisotopic (exact) mass is 227 g/mol. The molecule has 0 unspecified atom stereocenters. The van der Waals surface area contributed by atoms with Crippen molar-refractivity contribution < 1.29 is 0 Å². The van der Waals surface area contributed by atoms with Crippen LogP contribution in [0.3, 0.4) is 0 Å². The van der Waals surface area contributed by atoms with Gasteiger partial charge in [-0.3, -0.25) is 0 Å². The Morgan fingerprint density at radius 3 is 2.82 bits per heavy atom. The number of fused-ring (bicyclic) bond motifs is 1. The molecule has 0 aliphatic rings. The number of aromatic nitrogens is 4. The number of H-pyrrole nitrogens is 1. The summed E-state index contributed by atoms with van der Waals surface area (Å²) in [5.41, 5.74) is 9.18. The van der Waals surface area contributed by atoms with Gasteiger partial charge >= 0.3 is 0 Å². The lowest BCUT2D eigenvalue weighted by molar-refractivity contribution is 0.795. The maximum Gasteiger partial charge on any atom is 0.119 e. The van der Waals surface area contributed by atoms with Crippen molar-refractivity contribution in [2.75, 3.05) is 0 Å². The molecule has 3 aromatic rings. The number of rotatable bonds is 3. The lowest BCUT2D eigenvalue weighted by Crippen LogP contribution is -1.97. The molecule has 0 saturated carbocycles. The van der Waals surface area contributed by atoms with Crippen LogP contribution in [0, 0.1) is 0 Å². The quantitative estimate of drug-likeness (QED) is 0.707. The van der Waals surface area contributed by atoms with Gasteiger partial charge in [-0.2, -0.15) is 0 Å². The Hall–Kier alpha value is -2.14. The van der Waals surface area contributed by atoms with Crippen molar-refractivity contribution in [3.05, 3.63) is 48.2 Å². The summed E-state index contributed by atoms with van der Waals surface area (Å²) in [6.07, 6.45) is 5.39. The summed E-state index contributed by atoms with van der Waals surface area (Å²) in [6, 6.07) is 6.33. The second-order valence-electron chi connectivity index (χ2n) is 4.03. The summed E-state index contributed by atoms with van der Waals surface area (Å²) in [5, 5.41) is 8.78. The Kier molecular flexibility index (Phi) is 2.38. The van der Waals surface area contributed by atoms with Crippen molar-refractivity contribution >= 4 is 10.9 Å². The lowest BCUT2D eigenvalue weighted by atomic mass is 10.1. The van der Waals surface area contributed by atoms with Crippen molar-refractivity contribution in [3.63, 3.8) is 0 Å². The van der Waals surface area contributed by atoms with Crippen LogP contribution in [-0.4, -0.2) is 19.7 Å².